The van der Waals surface area contributed by atoms with E-state index in [1.165, 1.54) is 17.5 Å². The van der Waals surface area contributed by atoms with Gasteiger partial charge in [-0.05, 0) is 49.2 Å². The largest absolute Gasteiger partial charge is 0.495 e. The molecular weight excluding hydrogens is 485 g/mol. The Labute approximate surface area is 204 Å². The molecule has 0 bridgehead atoms. The Hall–Kier alpha value is -2.00. The molecule has 33 heavy (non-hydrogen) atoms. The van der Waals surface area contributed by atoms with Crippen LogP contribution >= 0.6 is 23.2 Å². The fraction of sp³-hybridized carbons (Fsp3) is 0.435. The van der Waals surface area contributed by atoms with Crippen molar-refractivity contribution in [3.63, 3.8) is 0 Å². The Morgan fingerprint density at radius 1 is 1.00 bits per heavy atom. The second-order valence-corrected chi connectivity index (χ2v) is 11.1. The van der Waals surface area contributed by atoms with Gasteiger partial charge in [0.25, 0.3) is 0 Å². The van der Waals surface area contributed by atoms with Gasteiger partial charge in [-0.25, -0.2) is 8.42 Å². The van der Waals surface area contributed by atoms with Gasteiger partial charge in [-0.2, -0.15) is 4.31 Å². The van der Waals surface area contributed by atoms with Crippen molar-refractivity contribution >= 4 is 44.8 Å². The Balaban J connectivity index is 1.42. The van der Waals surface area contributed by atoms with E-state index in [0.29, 0.717) is 55.6 Å². The van der Waals surface area contributed by atoms with Crippen LogP contribution in [0.2, 0.25) is 10.0 Å². The van der Waals surface area contributed by atoms with Crippen LogP contribution in [0.15, 0.2) is 47.4 Å². The number of hydrogen-bond acceptors (Lipinski definition) is 5. The number of piperidine rings is 1. The van der Waals surface area contributed by atoms with Gasteiger partial charge in [-0.3, -0.25) is 4.79 Å². The average Bonchev–Trinajstić information content (AvgIpc) is 2.83. The summed E-state index contributed by atoms with van der Waals surface area (Å²) in [5, 5.41) is 1.00. The molecule has 0 aromatic heterocycles. The molecule has 0 spiro atoms. The maximum absolute atomic E-state index is 13.3. The maximum Gasteiger partial charge on any atom is 0.246 e. The molecule has 0 radical (unpaired) electrons. The molecule has 0 unspecified atom stereocenters. The minimum absolute atomic E-state index is 0.0127. The van der Waals surface area contributed by atoms with Gasteiger partial charge in [0, 0.05) is 55.0 Å². The molecule has 2 aromatic carbocycles. The summed E-state index contributed by atoms with van der Waals surface area (Å²) >= 11 is 12.2. The summed E-state index contributed by atoms with van der Waals surface area (Å²) < 4.78 is 33.3. The number of hydrogen-bond donors (Lipinski definition) is 0. The second-order valence-electron chi connectivity index (χ2n) is 8.29. The number of ether oxygens (including phenoxy) is 1. The van der Waals surface area contributed by atoms with Crippen molar-refractivity contribution in [2.45, 2.75) is 17.7 Å². The topological polar surface area (TPSA) is 70.2 Å². The molecule has 10 heteroatoms. The molecule has 2 fully saturated rings. The van der Waals surface area contributed by atoms with Crippen LogP contribution in [-0.2, 0) is 14.8 Å². The van der Waals surface area contributed by atoms with Crippen molar-refractivity contribution in [1.29, 1.82) is 0 Å². The number of carbonyl (C=O) groups is 1. The molecule has 0 N–H and O–H groups in total. The van der Waals surface area contributed by atoms with E-state index < -0.39 is 10.0 Å². The first kappa shape index (κ1) is 24.1. The van der Waals surface area contributed by atoms with Crippen molar-refractivity contribution in [1.82, 2.24) is 9.21 Å². The number of sulfonamides is 1. The van der Waals surface area contributed by atoms with Gasteiger partial charge >= 0.3 is 0 Å². The van der Waals surface area contributed by atoms with E-state index in [1.807, 2.05) is 29.2 Å². The summed E-state index contributed by atoms with van der Waals surface area (Å²) in [6.45, 7) is 3.13. The zero-order valence-electron chi connectivity index (χ0n) is 18.4. The SMILES string of the molecule is COc1ccc(Cl)cc1S(=O)(=O)N1CCC[C@@H](C(=O)N2CCN(c3cccc(Cl)c3)CC2)C1. The predicted octanol–water partition coefficient (Wildman–Crippen LogP) is 3.75. The third kappa shape index (κ3) is 5.24. The summed E-state index contributed by atoms with van der Waals surface area (Å²) in [5.74, 6) is -0.111. The maximum atomic E-state index is 13.3. The van der Waals surface area contributed by atoms with Crippen LogP contribution in [0.4, 0.5) is 5.69 Å². The van der Waals surface area contributed by atoms with E-state index in [9.17, 15) is 13.2 Å². The van der Waals surface area contributed by atoms with Crippen LogP contribution in [0.5, 0.6) is 5.75 Å². The monoisotopic (exact) mass is 511 g/mol. The normalized spacial score (nSPS) is 20.0. The van der Waals surface area contributed by atoms with E-state index in [-0.39, 0.29) is 29.0 Å². The van der Waals surface area contributed by atoms with Crippen LogP contribution in [0.3, 0.4) is 0 Å². The van der Waals surface area contributed by atoms with Gasteiger partial charge in [0.15, 0.2) is 0 Å². The highest BCUT2D eigenvalue weighted by Crippen LogP contribution is 2.32. The summed E-state index contributed by atoms with van der Waals surface area (Å²) in [5.41, 5.74) is 1.04. The number of piperazine rings is 1. The number of amides is 1. The van der Waals surface area contributed by atoms with Crippen molar-refractivity contribution in [3.8, 4) is 5.75 Å². The summed E-state index contributed by atoms with van der Waals surface area (Å²) in [6, 6.07) is 12.2. The van der Waals surface area contributed by atoms with Crippen LogP contribution < -0.4 is 9.64 Å². The average molecular weight is 512 g/mol. The number of anilines is 1. The van der Waals surface area contributed by atoms with Gasteiger partial charge in [-0.1, -0.05) is 29.3 Å². The van der Waals surface area contributed by atoms with Crippen molar-refractivity contribution in [3.05, 3.63) is 52.5 Å². The zero-order valence-corrected chi connectivity index (χ0v) is 20.7. The second kappa shape index (κ2) is 10.1. The van der Waals surface area contributed by atoms with Crippen LogP contribution in [0.1, 0.15) is 12.8 Å². The van der Waals surface area contributed by atoms with Crippen LogP contribution in [0, 0.1) is 5.92 Å². The number of benzene rings is 2. The lowest BCUT2D eigenvalue weighted by Crippen LogP contribution is -2.53. The lowest BCUT2D eigenvalue weighted by atomic mass is 9.97. The van der Waals surface area contributed by atoms with Gasteiger partial charge in [0.1, 0.15) is 10.6 Å². The highest BCUT2D eigenvalue weighted by Gasteiger charge is 2.37. The molecule has 4 rings (SSSR count). The number of methoxy groups -OCH3 is 1. The third-order valence-electron chi connectivity index (χ3n) is 6.24. The Morgan fingerprint density at radius 2 is 1.73 bits per heavy atom. The van der Waals surface area contributed by atoms with Crippen LogP contribution in [0.25, 0.3) is 0 Å². The van der Waals surface area contributed by atoms with E-state index in [1.54, 1.807) is 12.1 Å². The highest BCUT2D eigenvalue weighted by molar-refractivity contribution is 7.89. The third-order valence-corrected chi connectivity index (χ3v) is 8.60. The lowest BCUT2D eigenvalue weighted by molar-refractivity contribution is -0.137. The summed E-state index contributed by atoms with van der Waals surface area (Å²) in [4.78, 5) is 17.3. The molecule has 2 aliphatic heterocycles. The Bertz CT molecular complexity index is 1120. The quantitative estimate of drug-likeness (QED) is 0.611. The van der Waals surface area contributed by atoms with Gasteiger partial charge in [-0.15, -0.1) is 0 Å². The molecule has 178 valence electrons. The molecule has 0 aliphatic carbocycles. The number of nitrogens with zero attached hydrogens (tertiary/aromatic N) is 3. The Morgan fingerprint density at radius 3 is 2.42 bits per heavy atom. The van der Waals surface area contributed by atoms with Crippen LogP contribution in [-0.4, -0.2) is 69.9 Å². The van der Waals surface area contributed by atoms with E-state index in [2.05, 4.69) is 4.90 Å². The molecular formula is C23H27Cl2N3O4S. The first-order valence-electron chi connectivity index (χ1n) is 10.9. The lowest BCUT2D eigenvalue weighted by Gasteiger charge is -2.39. The highest BCUT2D eigenvalue weighted by atomic mass is 35.5. The molecule has 0 saturated carbocycles. The van der Waals surface area contributed by atoms with Crippen molar-refractivity contribution in [2.24, 2.45) is 5.92 Å². The molecule has 2 heterocycles. The minimum Gasteiger partial charge on any atom is -0.495 e. The van der Waals surface area contributed by atoms with Gasteiger partial charge < -0.3 is 14.5 Å². The summed E-state index contributed by atoms with van der Waals surface area (Å²) in [6.07, 6.45) is 1.30. The first-order valence-corrected chi connectivity index (χ1v) is 13.1. The summed E-state index contributed by atoms with van der Waals surface area (Å²) in [7, 11) is -2.42. The molecule has 7 nitrogen and oxygen atoms in total. The fourth-order valence-corrected chi connectivity index (χ4v) is 6.60. The molecule has 1 amide bonds. The Kier molecular flexibility index (Phi) is 7.38. The number of rotatable bonds is 5. The smallest absolute Gasteiger partial charge is 0.246 e. The standard InChI is InChI=1S/C23H27Cl2N3O4S/c1-32-21-8-7-19(25)15-22(21)33(30,31)28-9-3-4-17(16-28)23(29)27-12-10-26(11-13-27)20-6-2-5-18(24)14-20/h2,5-8,14-15,17H,3-4,9-13,16H2,1H3/t17-/m1/s1. The van der Waals surface area contributed by atoms with E-state index >= 15 is 0 Å². The van der Waals surface area contributed by atoms with E-state index in [4.69, 9.17) is 27.9 Å². The minimum atomic E-state index is -3.84. The molecule has 1 atom stereocenters. The molecule has 2 saturated heterocycles. The number of carbonyl (C=O) groups excluding carboxylic acids is 1. The van der Waals surface area contributed by atoms with E-state index in [0.717, 1.165) is 5.69 Å². The predicted molar refractivity (Wildman–Crippen MR) is 130 cm³/mol. The zero-order chi connectivity index (χ0) is 23.6. The number of halogens is 2. The molecule has 2 aliphatic rings. The van der Waals surface area contributed by atoms with Gasteiger partial charge in [0.2, 0.25) is 15.9 Å². The first-order chi connectivity index (χ1) is 15.8. The molecule has 2 aromatic rings. The van der Waals surface area contributed by atoms with Crippen molar-refractivity contribution in [2.75, 3.05) is 51.3 Å². The van der Waals surface area contributed by atoms with Crippen molar-refractivity contribution < 1.29 is 17.9 Å². The van der Waals surface area contributed by atoms with Gasteiger partial charge in [0.05, 0.1) is 13.0 Å². The fourth-order valence-electron chi connectivity index (χ4n) is 4.47.